The molecule has 2 nitrogen and oxygen atoms in total. The second kappa shape index (κ2) is 8.15. The Morgan fingerprint density at radius 3 is 2.50 bits per heavy atom. The molecular weight excluding hydrogens is 267 g/mol. The van der Waals surface area contributed by atoms with Crippen molar-refractivity contribution in [2.24, 2.45) is 0 Å². The number of alkyl halides is 3. The van der Waals surface area contributed by atoms with Gasteiger partial charge in [0.05, 0.1) is 7.11 Å². The number of rotatable bonds is 8. The predicted octanol–water partition coefficient (Wildman–Crippen LogP) is 4.47. The van der Waals surface area contributed by atoms with E-state index >= 15 is 0 Å². The van der Waals surface area contributed by atoms with E-state index in [0.717, 1.165) is 17.7 Å². The molecule has 1 N–H and O–H groups in total. The van der Waals surface area contributed by atoms with E-state index in [0.29, 0.717) is 13.0 Å². The molecule has 20 heavy (non-hydrogen) atoms. The number of para-hydroxylation sites is 1. The van der Waals surface area contributed by atoms with Crippen molar-refractivity contribution in [1.82, 2.24) is 5.32 Å². The minimum absolute atomic E-state index is 0.108. The van der Waals surface area contributed by atoms with E-state index in [2.05, 4.69) is 5.32 Å². The van der Waals surface area contributed by atoms with Crippen molar-refractivity contribution >= 4 is 0 Å². The Labute approximate surface area is 118 Å². The molecular formula is C15H22F3NO. The van der Waals surface area contributed by atoms with E-state index in [1.165, 1.54) is 0 Å². The maximum absolute atomic E-state index is 12.0. The van der Waals surface area contributed by atoms with Gasteiger partial charge in [0, 0.05) is 18.0 Å². The van der Waals surface area contributed by atoms with Crippen LogP contribution >= 0.6 is 0 Å². The van der Waals surface area contributed by atoms with Crippen LogP contribution in [0.4, 0.5) is 13.2 Å². The van der Waals surface area contributed by atoms with Gasteiger partial charge >= 0.3 is 6.18 Å². The highest BCUT2D eigenvalue weighted by atomic mass is 19.4. The Kier molecular flexibility index (Phi) is 6.85. The van der Waals surface area contributed by atoms with Crippen LogP contribution < -0.4 is 10.1 Å². The zero-order chi connectivity index (χ0) is 15.0. The number of methoxy groups -OCH3 is 1. The van der Waals surface area contributed by atoms with Gasteiger partial charge in [-0.1, -0.05) is 25.1 Å². The maximum atomic E-state index is 12.0. The molecule has 1 aromatic carbocycles. The smallest absolute Gasteiger partial charge is 0.389 e. The molecule has 0 spiro atoms. The molecule has 0 heterocycles. The van der Waals surface area contributed by atoms with Gasteiger partial charge in [-0.2, -0.15) is 13.2 Å². The Balaban J connectivity index is 2.44. The molecule has 1 rings (SSSR count). The summed E-state index contributed by atoms with van der Waals surface area (Å²) in [5, 5.41) is 3.30. The van der Waals surface area contributed by atoms with Gasteiger partial charge in [0.25, 0.3) is 0 Å². The molecule has 0 saturated carbocycles. The summed E-state index contributed by atoms with van der Waals surface area (Å²) in [5.74, 6) is 0.808. The number of halogens is 3. The van der Waals surface area contributed by atoms with Crippen molar-refractivity contribution in [3.8, 4) is 5.75 Å². The number of ether oxygens (including phenoxy) is 1. The molecule has 114 valence electrons. The van der Waals surface area contributed by atoms with Gasteiger partial charge in [-0.05, 0) is 31.9 Å². The average Bonchev–Trinajstić information content (AvgIpc) is 2.42. The largest absolute Gasteiger partial charge is 0.496 e. The topological polar surface area (TPSA) is 21.3 Å². The zero-order valence-corrected chi connectivity index (χ0v) is 12.0. The molecule has 0 bridgehead atoms. The van der Waals surface area contributed by atoms with E-state index in [4.69, 9.17) is 4.74 Å². The number of nitrogens with one attached hydrogen (secondary N) is 1. The number of unbranched alkanes of at least 4 members (excludes halogenated alkanes) is 1. The first-order valence-electron chi connectivity index (χ1n) is 6.91. The van der Waals surface area contributed by atoms with Gasteiger partial charge in [0.1, 0.15) is 5.75 Å². The van der Waals surface area contributed by atoms with Crippen molar-refractivity contribution in [2.45, 2.75) is 44.8 Å². The standard InChI is InChI=1S/C15H22F3NO/c1-3-13(12-8-4-5-9-14(12)20-2)19-11-7-6-10-15(16,17)18/h4-5,8-9,13,19H,3,6-7,10-11H2,1-2H3. The van der Waals surface area contributed by atoms with Crippen LogP contribution in [0.3, 0.4) is 0 Å². The summed E-state index contributed by atoms with van der Waals surface area (Å²) in [6, 6.07) is 7.82. The Bertz CT molecular complexity index is 393. The SMILES string of the molecule is CCC(NCCCCC(F)(F)F)c1ccccc1OC. The Hall–Kier alpha value is -1.23. The molecule has 0 aliphatic heterocycles. The van der Waals surface area contributed by atoms with Crippen LogP contribution in [-0.4, -0.2) is 19.8 Å². The van der Waals surface area contributed by atoms with Crippen molar-refractivity contribution in [3.05, 3.63) is 29.8 Å². The summed E-state index contributed by atoms with van der Waals surface area (Å²) in [6.45, 7) is 2.62. The molecule has 0 aliphatic carbocycles. The monoisotopic (exact) mass is 289 g/mol. The Morgan fingerprint density at radius 1 is 1.20 bits per heavy atom. The highest BCUT2D eigenvalue weighted by Gasteiger charge is 2.25. The molecule has 1 unspecified atom stereocenters. The quantitative estimate of drug-likeness (QED) is 0.713. The molecule has 0 aliphatic rings. The van der Waals surface area contributed by atoms with Crippen LogP contribution in [0, 0.1) is 0 Å². The Morgan fingerprint density at radius 2 is 1.90 bits per heavy atom. The fourth-order valence-corrected chi connectivity index (χ4v) is 2.16. The van der Waals surface area contributed by atoms with Crippen molar-refractivity contribution in [2.75, 3.05) is 13.7 Å². The van der Waals surface area contributed by atoms with Gasteiger partial charge in [-0.25, -0.2) is 0 Å². The number of hydrogen-bond acceptors (Lipinski definition) is 2. The van der Waals surface area contributed by atoms with Gasteiger partial charge in [-0.15, -0.1) is 0 Å². The summed E-state index contributed by atoms with van der Waals surface area (Å²) in [5.41, 5.74) is 1.05. The fourth-order valence-electron chi connectivity index (χ4n) is 2.16. The molecule has 5 heteroatoms. The van der Waals surface area contributed by atoms with Crippen LogP contribution in [0.1, 0.15) is 44.2 Å². The normalized spacial score (nSPS) is 13.2. The van der Waals surface area contributed by atoms with Gasteiger partial charge in [0.2, 0.25) is 0 Å². The first kappa shape index (κ1) is 16.8. The van der Waals surface area contributed by atoms with E-state index in [9.17, 15) is 13.2 Å². The van der Waals surface area contributed by atoms with Crippen LogP contribution in [-0.2, 0) is 0 Å². The zero-order valence-electron chi connectivity index (χ0n) is 12.0. The van der Waals surface area contributed by atoms with Gasteiger partial charge < -0.3 is 10.1 Å². The summed E-state index contributed by atoms with van der Waals surface area (Å²) < 4.78 is 41.4. The lowest BCUT2D eigenvalue weighted by Crippen LogP contribution is -2.22. The maximum Gasteiger partial charge on any atom is 0.389 e. The molecule has 0 fully saturated rings. The van der Waals surface area contributed by atoms with Crippen molar-refractivity contribution in [1.29, 1.82) is 0 Å². The molecule has 0 saturated heterocycles. The summed E-state index contributed by atoms with van der Waals surface area (Å²) >= 11 is 0. The molecule has 0 radical (unpaired) electrons. The van der Waals surface area contributed by atoms with Crippen LogP contribution in [0.5, 0.6) is 5.75 Å². The fraction of sp³-hybridized carbons (Fsp3) is 0.600. The molecule has 0 aromatic heterocycles. The number of benzene rings is 1. The highest BCUT2D eigenvalue weighted by Crippen LogP contribution is 2.27. The third kappa shape index (κ3) is 5.82. The molecule has 1 aromatic rings. The minimum Gasteiger partial charge on any atom is -0.496 e. The van der Waals surface area contributed by atoms with Gasteiger partial charge in [-0.3, -0.25) is 0 Å². The second-order valence-electron chi connectivity index (χ2n) is 4.73. The van der Waals surface area contributed by atoms with E-state index in [-0.39, 0.29) is 12.5 Å². The molecule has 1 atom stereocenters. The lowest BCUT2D eigenvalue weighted by atomic mass is 10.0. The highest BCUT2D eigenvalue weighted by molar-refractivity contribution is 5.35. The van der Waals surface area contributed by atoms with E-state index < -0.39 is 12.6 Å². The van der Waals surface area contributed by atoms with Crippen LogP contribution in [0.2, 0.25) is 0 Å². The third-order valence-electron chi connectivity index (χ3n) is 3.20. The van der Waals surface area contributed by atoms with Crippen molar-refractivity contribution in [3.63, 3.8) is 0 Å². The predicted molar refractivity (Wildman–Crippen MR) is 73.9 cm³/mol. The van der Waals surface area contributed by atoms with E-state index in [1.807, 2.05) is 31.2 Å². The summed E-state index contributed by atoms with van der Waals surface area (Å²) in [6.07, 6.45) is -3.21. The third-order valence-corrected chi connectivity index (χ3v) is 3.20. The summed E-state index contributed by atoms with van der Waals surface area (Å²) in [7, 11) is 1.62. The van der Waals surface area contributed by atoms with Crippen LogP contribution in [0.25, 0.3) is 0 Å². The lowest BCUT2D eigenvalue weighted by molar-refractivity contribution is -0.135. The first-order valence-corrected chi connectivity index (χ1v) is 6.91. The van der Waals surface area contributed by atoms with E-state index in [1.54, 1.807) is 7.11 Å². The average molecular weight is 289 g/mol. The first-order chi connectivity index (χ1) is 9.48. The van der Waals surface area contributed by atoms with Crippen molar-refractivity contribution < 1.29 is 17.9 Å². The second-order valence-corrected chi connectivity index (χ2v) is 4.73. The lowest BCUT2D eigenvalue weighted by Gasteiger charge is -2.20. The number of hydrogen-bond donors (Lipinski definition) is 1. The van der Waals surface area contributed by atoms with Gasteiger partial charge in [0.15, 0.2) is 0 Å². The molecule has 0 amide bonds. The summed E-state index contributed by atoms with van der Waals surface area (Å²) in [4.78, 5) is 0. The van der Waals surface area contributed by atoms with Crippen LogP contribution in [0.15, 0.2) is 24.3 Å². The minimum atomic E-state index is -4.05.